The molecule has 0 aliphatic carbocycles. The molecular weight excluding hydrogens is 200 g/mol. The lowest BCUT2D eigenvalue weighted by atomic mass is 10.1. The smallest absolute Gasteiger partial charge is 0.341 e. The predicted molar refractivity (Wildman–Crippen MR) is 53.1 cm³/mol. The van der Waals surface area contributed by atoms with Gasteiger partial charge in [0.2, 0.25) is 5.88 Å². The summed E-state index contributed by atoms with van der Waals surface area (Å²) in [6.07, 6.45) is 0. The van der Waals surface area contributed by atoms with Crippen molar-refractivity contribution in [2.24, 2.45) is 5.73 Å². The Labute approximate surface area is 85.6 Å². The molecule has 0 aromatic carbocycles. The molecule has 0 saturated heterocycles. The van der Waals surface area contributed by atoms with E-state index in [2.05, 4.69) is 0 Å². The lowest BCUT2D eigenvalue weighted by molar-refractivity contribution is 0.0691. The third-order valence-corrected chi connectivity index (χ3v) is 2.05. The van der Waals surface area contributed by atoms with Crippen molar-refractivity contribution in [1.29, 1.82) is 0 Å². The molecule has 6 nitrogen and oxygen atoms in total. The zero-order valence-corrected chi connectivity index (χ0v) is 8.23. The summed E-state index contributed by atoms with van der Waals surface area (Å²) in [5.41, 5.74) is 4.76. The van der Waals surface area contributed by atoms with Crippen LogP contribution in [0.3, 0.4) is 0 Å². The van der Waals surface area contributed by atoms with Gasteiger partial charge in [-0.05, 0) is 12.5 Å². The van der Waals surface area contributed by atoms with Gasteiger partial charge >= 0.3 is 5.97 Å². The number of aryl methyl sites for hydroxylation is 1. The lowest BCUT2D eigenvalue weighted by Crippen LogP contribution is -2.25. The first-order valence-electron chi connectivity index (χ1n) is 4.35. The van der Waals surface area contributed by atoms with Crippen LogP contribution in [-0.2, 0) is 6.54 Å². The Balaban J connectivity index is 3.49. The number of pyridine rings is 1. The van der Waals surface area contributed by atoms with Crippen LogP contribution in [0.2, 0.25) is 0 Å². The van der Waals surface area contributed by atoms with Crippen LogP contribution in [-0.4, -0.2) is 27.3 Å². The highest BCUT2D eigenvalue weighted by Gasteiger charge is 2.17. The van der Waals surface area contributed by atoms with Gasteiger partial charge in [0.15, 0.2) is 0 Å². The monoisotopic (exact) mass is 212 g/mol. The van der Waals surface area contributed by atoms with Gasteiger partial charge in [-0.2, -0.15) is 0 Å². The van der Waals surface area contributed by atoms with Gasteiger partial charge in [0.1, 0.15) is 5.56 Å². The second-order valence-electron chi connectivity index (χ2n) is 3.11. The maximum Gasteiger partial charge on any atom is 0.341 e. The number of rotatable bonds is 3. The number of carboxylic acids is 1. The van der Waals surface area contributed by atoms with E-state index in [-0.39, 0.29) is 24.2 Å². The molecule has 0 saturated carbocycles. The fourth-order valence-electron chi connectivity index (χ4n) is 1.36. The molecule has 4 N–H and O–H groups in total. The van der Waals surface area contributed by atoms with Crippen molar-refractivity contribution in [1.82, 2.24) is 4.57 Å². The van der Waals surface area contributed by atoms with Crippen molar-refractivity contribution in [3.05, 3.63) is 27.5 Å². The van der Waals surface area contributed by atoms with Gasteiger partial charge in [-0.25, -0.2) is 4.79 Å². The Morgan fingerprint density at radius 2 is 2.20 bits per heavy atom. The molecule has 0 spiro atoms. The van der Waals surface area contributed by atoms with E-state index in [9.17, 15) is 14.7 Å². The third kappa shape index (κ3) is 1.99. The zero-order chi connectivity index (χ0) is 11.6. The number of nitrogens with zero attached hydrogens (tertiary/aromatic N) is 1. The van der Waals surface area contributed by atoms with Gasteiger partial charge in [-0.1, -0.05) is 0 Å². The molecule has 0 aliphatic rings. The first-order chi connectivity index (χ1) is 6.99. The second-order valence-corrected chi connectivity index (χ2v) is 3.11. The van der Waals surface area contributed by atoms with Crippen LogP contribution < -0.4 is 11.3 Å². The van der Waals surface area contributed by atoms with E-state index in [0.29, 0.717) is 0 Å². The van der Waals surface area contributed by atoms with Crippen LogP contribution in [0.15, 0.2) is 10.9 Å². The second kappa shape index (κ2) is 4.14. The Morgan fingerprint density at radius 3 is 2.67 bits per heavy atom. The van der Waals surface area contributed by atoms with Gasteiger partial charge in [0.25, 0.3) is 5.56 Å². The topological polar surface area (TPSA) is 106 Å². The summed E-state index contributed by atoms with van der Waals surface area (Å²) in [4.78, 5) is 22.2. The van der Waals surface area contributed by atoms with E-state index in [1.54, 1.807) is 0 Å². The largest absolute Gasteiger partial charge is 0.494 e. The van der Waals surface area contributed by atoms with Crippen LogP contribution in [0.5, 0.6) is 5.88 Å². The van der Waals surface area contributed by atoms with E-state index in [1.807, 2.05) is 0 Å². The van der Waals surface area contributed by atoms with Crippen LogP contribution in [0, 0.1) is 6.92 Å². The Hall–Kier alpha value is -1.82. The third-order valence-electron chi connectivity index (χ3n) is 2.05. The number of aromatic carboxylic acids is 1. The number of carbonyl (C=O) groups is 1. The summed E-state index contributed by atoms with van der Waals surface area (Å²) in [5, 5.41) is 18.4. The van der Waals surface area contributed by atoms with E-state index >= 15 is 0 Å². The Morgan fingerprint density at radius 1 is 1.60 bits per heavy atom. The van der Waals surface area contributed by atoms with Crippen molar-refractivity contribution in [3.8, 4) is 5.88 Å². The summed E-state index contributed by atoms with van der Waals surface area (Å²) in [5.74, 6) is -1.81. The fourth-order valence-corrected chi connectivity index (χ4v) is 1.36. The van der Waals surface area contributed by atoms with Gasteiger partial charge in [0.05, 0.1) is 0 Å². The molecule has 1 rings (SSSR count). The van der Waals surface area contributed by atoms with Crippen molar-refractivity contribution in [2.45, 2.75) is 13.5 Å². The summed E-state index contributed by atoms with van der Waals surface area (Å²) in [6, 6.07) is 1.17. The van der Waals surface area contributed by atoms with Crippen molar-refractivity contribution in [2.75, 3.05) is 6.54 Å². The van der Waals surface area contributed by atoms with Gasteiger partial charge in [-0.3, -0.25) is 9.36 Å². The number of carboxylic acid groups (broad SMARTS) is 1. The summed E-state index contributed by atoms with van der Waals surface area (Å²) in [7, 11) is 0. The van der Waals surface area contributed by atoms with E-state index in [4.69, 9.17) is 10.8 Å². The molecule has 82 valence electrons. The highest BCUT2D eigenvalue weighted by Crippen LogP contribution is 2.18. The van der Waals surface area contributed by atoms with E-state index < -0.39 is 17.4 Å². The maximum absolute atomic E-state index is 11.4. The predicted octanol–water partition coefficient (Wildman–Crippen LogP) is -0.481. The molecule has 0 bridgehead atoms. The SMILES string of the molecule is Cc1cc(=O)n(CCN)c(O)c1C(=O)O. The summed E-state index contributed by atoms with van der Waals surface area (Å²) in [6.45, 7) is 1.69. The molecule has 0 atom stereocenters. The number of hydrogen-bond acceptors (Lipinski definition) is 4. The molecule has 15 heavy (non-hydrogen) atoms. The fraction of sp³-hybridized carbons (Fsp3) is 0.333. The summed E-state index contributed by atoms with van der Waals surface area (Å²) >= 11 is 0. The maximum atomic E-state index is 11.4. The van der Waals surface area contributed by atoms with Gasteiger partial charge < -0.3 is 15.9 Å². The minimum Gasteiger partial charge on any atom is -0.494 e. The Kier molecular flexibility index (Phi) is 3.11. The molecule has 1 aromatic rings. The van der Waals surface area contributed by atoms with Gasteiger partial charge in [-0.15, -0.1) is 0 Å². The molecule has 0 fully saturated rings. The van der Waals surface area contributed by atoms with Crippen molar-refractivity contribution >= 4 is 5.97 Å². The average molecular weight is 212 g/mol. The molecule has 6 heteroatoms. The number of aromatic nitrogens is 1. The molecule has 0 radical (unpaired) electrons. The standard InChI is InChI=1S/C9H12N2O4/c1-5-4-6(12)11(3-2-10)8(13)7(5)9(14)15/h4,13H,2-3,10H2,1H3,(H,14,15). The Bertz CT molecular complexity index is 450. The minimum absolute atomic E-state index is 0.0885. The van der Waals surface area contributed by atoms with Crippen molar-refractivity contribution < 1.29 is 15.0 Å². The molecule has 0 aliphatic heterocycles. The highest BCUT2D eigenvalue weighted by atomic mass is 16.4. The molecule has 1 heterocycles. The molecule has 0 unspecified atom stereocenters. The van der Waals surface area contributed by atoms with Gasteiger partial charge in [0, 0.05) is 19.2 Å². The first-order valence-corrected chi connectivity index (χ1v) is 4.35. The number of nitrogens with two attached hydrogens (primary N) is 1. The zero-order valence-electron chi connectivity index (χ0n) is 8.23. The van der Waals surface area contributed by atoms with Crippen LogP contribution >= 0.6 is 0 Å². The van der Waals surface area contributed by atoms with Crippen LogP contribution in [0.25, 0.3) is 0 Å². The first kappa shape index (κ1) is 11.3. The van der Waals surface area contributed by atoms with E-state index in [1.165, 1.54) is 13.0 Å². The van der Waals surface area contributed by atoms with Crippen LogP contribution in [0.4, 0.5) is 0 Å². The summed E-state index contributed by atoms with van der Waals surface area (Å²) < 4.78 is 0.941. The van der Waals surface area contributed by atoms with E-state index in [0.717, 1.165) is 4.57 Å². The van der Waals surface area contributed by atoms with Crippen molar-refractivity contribution in [3.63, 3.8) is 0 Å². The number of aromatic hydroxyl groups is 1. The highest BCUT2D eigenvalue weighted by molar-refractivity contribution is 5.91. The molecule has 0 amide bonds. The quantitative estimate of drug-likeness (QED) is 0.627. The molecular formula is C9H12N2O4. The lowest BCUT2D eigenvalue weighted by Gasteiger charge is -2.10. The van der Waals surface area contributed by atoms with Crippen LogP contribution in [0.1, 0.15) is 15.9 Å². The number of hydrogen-bond donors (Lipinski definition) is 3. The molecule has 1 aromatic heterocycles. The normalized spacial score (nSPS) is 10.3. The average Bonchev–Trinajstić information content (AvgIpc) is 2.11. The minimum atomic E-state index is -1.27.